The van der Waals surface area contributed by atoms with Crippen LogP contribution >= 0.6 is 0 Å². The van der Waals surface area contributed by atoms with Crippen molar-refractivity contribution in [2.45, 2.75) is 46.1 Å². The van der Waals surface area contributed by atoms with Crippen LogP contribution in [0.4, 0.5) is 4.79 Å². The largest absolute Gasteiger partial charge is 0.337 e. The smallest absolute Gasteiger partial charge is 0.315 e. The lowest BCUT2D eigenvalue weighted by Gasteiger charge is -2.26. The predicted molar refractivity (Wildman–Crippen MR) is 75.9 cm³/mol. The van der Waals surface area contributed by atoms with Crippen molar-refractivity contribution in [1.29, 1.82) is 0 Å². The molecule has 2 amide bonds. The maximum absolute atomic E-state index is 11.6. The number of carbonyl (C=O) groups is 1. The highest BCUT2D eigenvalue weighted by Crippen LogP contribution is 2.22. The second-order valence-corrected chi connectivity index (χ2v) is 5.73. The summed E-state index contributed by atoms with van der Waals surface area (Å²) in [4.78, 5) is 11.6. The van der Waals surface area contributed by atoms with Crippen LogP contribution in [0.1, 0.15) is 38.8 Å². The second-order valence-electron chi connectivity index (χ2n) is 5.73. The quantitative estimate of drug-likeness (QED) is 0.845. The van der Waals surface area contributed by atoms with Crippen LogP contribution in [-0.2, 0) is 5.41 Å². The first kappa shape index (κ1) is 14.6. The van der Waals surface area contributed by atoms with Crippen molar-refractivity contribution in [3.63, 3.8) is 0 Å². The van der Waals surface area contributed by atoms with Crippen LogP contribution in [0.15, 0.2) is 24.3 Å². The van der Waals surface area contributed by atoms with E-state index in [1.807, 2.05) is 13.8 Å². The molecule has 0 radical (unpaired) electrons. The normalized spacial score (nSPS) is 11.4. The van der Waals surface area contributed by atoms with E-state index in [0.29, 0.717) is 6.54 Å². The molecule has 0 aliphatic rings. The molecule has 0 bridgehead atoms. The molecular weight excluding hydrogens is 224 g/mol. The minimum atomic E-state index is -0.106. The van der Waals surface area contributed by atoms with Gasteiger partial charge < -0.3 is 10.6 Å². The predicted octanol–water partition coefficient (Wildman–Crippen LogP) is 2.98. The van der Waals surface area contributed by atoms with Gasteiger partial charge in [-0.3, -0.25) is 0 Å². The van der Waals surface area contributed by atoms with Crippen LogP contribution in [0, 0.1) is 6.92 Å². The number of rotatable bonds is 4. The van der Waals surface area contributed by atoms with Gasteiger partial charge in [-0.15, -0.1) is 0 Å². The molecule has 100 valence electrons. The second kappa shape index (κ2) is 5.89. The number of aryl methyl sites for hydroxylation is 1. The topological polar surface area (TPSA) is 41.1 Å². The van der Waals surface area contributed by atoms with Crippen molar-refractivity contribution in [2.24, 2.45) is 0 Å². The number of hydrogen-bond donors (Lipinski definition) is 2. The molecule has 0 heterocycles. The van der Waals surface area contributed by atoms with Gasteiger partial charge in [-0.1, -0.05) is 43.7 Å². The molecule has 0 saturated heterocycles. The summed E-state index contributed by atoms with van der Waals surface area (Å²) in [5.74, 6) is 0. The van der Waals surface area contributed by atoms with Gasteiger partial charge in [0.1, 0.15) is 0 Å². The van der Waals surface area contributed by atoms with Crippen molar-refractivity contribution < 1.29 is 4.79 Å². The van der Waals surface area contributed by atoms with Gasteiger partial charge in [-0.05, 0) is 26.3 Å². The number of nitrogens with one attached hydrogen (secondary N) is 2. The van der Waals surface area contributed by atoms with Crippen LogP contribution in [0.2, 0.25) is 0 Å². The van der Waals surface area contributed by atoms with E-state index >= 15 is 0 Å². The lowest BCUT2D eigenvalue weighted by atomic mass is 9.84. The number of urea groups is 1. The molecule has 0 aliphatic carbocycles. The number of hydrogen-bond acceptors (Lipinski definition) is 1. The van der Waals surface area contributed by atoms with Gasteiger partial charge in [-0.2, -0.15) is 0 Å². The van der Waals surface area contributed by atoms with Crippen molar-refractivity contribution in [2.75, 3.05) is 6.54 Å². The van der Waals surface area contributed by atoms with E-state index in [-0.39, 0.29) is 17.5 Å². The Morgan fingerprint density at radius 3 is 2.28 bits per heavy atom. The Hall–Kier alpha value is -1.51. The Labute approximate surface area is 110 Å². The van der Waals surface area contributed by atoms with Crippen LogP contribution in [0.5, 0.6) is 0 Å². The first-order valence-corrected chi connectivity index (χ1v) is 6.43. The third kappa shape index (κ3) is 4.40. The van der Waals surface area contributed by atoms with Crippen LogP contribution in [0.25, 0.3) is 0 Å². The molecule has 0 aliphatic heterocycles. The third-order valence-electron chi connectivity index (χ3n) is 2.94. The van der Waals surface area contributed by atoms with Crippen molar-refractivity contribution >= 4 is 6.03 Å². The fraction of sp³-hybridized carbons (Fsp3) is 0.533. The van der Waals surface area contributed by atoms with Gasteiger partial charge in [0.15, 0.2) is 0 Å². The molecule has 0 aromatic heterocycles. The summed E-state index contributed by atoms with van der Waals surface area (Å²) in [6, 6.07) is 8.50. The van der Waals surface area contributed by atoms with Crippen molar-refractivity contribution in [3.05, 3.63) is 35.4 Å². The van der Waals surface area contributed by atoms with E-state index in [9.17, 15) is 4.79 Å². The maximum Gasteiger partial charge on any atom is 0.315 e. The highest BCUT2D eigenvalue weighted by Gasteiger charge is 2.21. The molecule has 1 aromatic carbocycles. The Bertz CT molecular complexity index is 393. The van der Waals surface area contributed by atoms with Gasteiger partial charge in [0.2, 0.25) is 0 Å². The van der Waals surface area contributed by atoms with Crippen molar-refractivity contribution in [3.8, 4) is 0 Å². The fourth-order valence-corrected chi connectivity index (χ4v) is 1.72. The van der Waals surface area contributed by atoms with E-state index in [1.54, 1.807) is 0 Å². The highest BCUT2D eigenvalue weighted by atomic mass is 16.2. The van der Waals surface area contributed by atoms with Crippen molar-refractivity contribution in [1.82, 2.24) is 10.6 Å². The third-order valence-corrected chi connectivity index (χ3v) is 2.94. The monoisotopic (exact) mass is 248 g/mol. The molecule has 0 atom stereocenters. The van der Waals surface area contributed by atoms with E-state index in [2.05, 4.69) is 55.7 Å². The van der Waals surface area contributed by atoms with E-state index in [4.69, 9.17) is 0 Å². The van der Waals surface area contributed by atoms with Gasteiger partial charge in [0.25, 0.3) is 0 Å². The summed E-state index contributed by atoms with van der Waals surface area (Å²) < 4.78 is 0. The zero-order valence-electron chi connectivity index (χ0n) is 12.0. The summed E-state index contributed by atoms with van der Waals surface area (Å²) in [6.07, 6.45) is 0. The SMILES string of the molecule is Cc1ccc(C(C)(C)CNC(=O)NC(C)C)cc1. The minimum absolute atomic E-state index is 0.0674. The molecule has 0 saturated carbocycles. The standard InChI is InChI=1S/C15H24N2O/c1-11(2)17-14(18)16-10-15(4,5)13-8-6-12(3)7-9-13/h6-9,11H,10H2,1-5H3,(H2,16,17,18). The molecule has 2 N–H and O–H groups in total. The zero-order valence-corrected chi connectivity index (χ0v) is 12.0. The minimum Gasteiger partial charge on any atom is -0.337 e. The van der Waals surface area contributed by atoms with Gasteiger partial charge >= 0.3 is 6.03 Å². The Morgan fingerprint density at radius 2 is 1.78 bits per heavy atom. The number of amides is 2. The molecule has 0 unspecified atom stereocenters. The zero-order chi connectivity index (χ0) is 13.8. The summed E-state index contributed by atoms with van der Waals surface area (Å²) >= 11 is 0. The lowest BCUT2D eigenvalue weighted by molar-refractivity contribution is 0.236. The fourth-order valence-electron chi connectivity index (χ4n) is 1.72. The molecule has 3 heteroatoms. The van der Waals surface area contributed by atoms with E-state index < -0.39 is 0 Å². The molecule has 0 fully saturated rings. The molecular formula is C15H24N2O. The lowest BCUT2D eigenvalue weighted by Crippen LogP contribution is -2.44. The molecule has 0 spiro atoms. The Morgan fingerprint density at radius 1 is 1.22 bits per heavy atom. The maximum atomic E-state index is 11.6. The van der Waals surface area contributed by atoms with Gasteiger partial charge in [0.05, 0.1) is 0 Å². The molecule has 1 aromatic rings. The summed E-state index contributed by atoms with van der Waals surface area (Å²) in [7, 11) is 0. The number of benzene rings is 1. The number of carbonyl (C=O) groups excluding carboxylic acids is 1. The summed E-state index contributed by atoms with van der Waals surface area (Å²) in [6.45, 7) is 10.9. The average molecular weight is 248 g/mol. The Balaban J connectivity index is 2.59. The molecule has 3 nitrogen and oxygen atoms in total. The summed E-state index contributed by atoms with van der Waals surface area (Å²) in [5, 5.41) is 5.74. The van der Waals surface area contributed by atoms with Gasteiger partial charge in [-0.25, -0.2) is 4.79 Å². The molecule has 18 heavy (non-hydrogen) atoms. The van der Waals surface area contributed by atoms with Crippen LogP contribution in [0.3, 0.4) is 0 Å². The first-order valence-electron chi connectivity index (χ1n) is 6.43. The summed E-state index contributed by atoms with van der Waals surface area (Å²) in [5.41, 5.74) is 2.42. The molecule has 1 rings (SSSR count). The van der Waals surface area contributed by atoms with E-state index in [0.717, 1.165) is 0 Å². The first-order chi connectivity index (χ1) is 8.31. The Kier molecular flexibility index (Phi) is 4.76. The average Bonchev–Trinajstić information content (AvgIpc) is 2.26. The van der Waals surface area contributed by atoms with Crippen LogP contribution < -0.4 is 10.6 Å². The van der Waals surface area contributed by atoms with Crippen LogP contribution in [-0.4, -0.2) is 18.6 Å². The van der Waals surface area contributed by atoms with Gasteiger partial charge in [0, 0.05) is 18.0 Å². The highest BCUT2D eigenvalue weighted by molar-refractivity contribution is 5.74. The van der Waals surface area contributed by atoms with E-state index in [1.165, 1.54) is 11.1 Å².